The predicted octanol–water partition coefficient (Wildman–Crippen LogP) is 7.37. The average Bonchev–Trinajstić information content (AvgIpc) is 3.71. The van der Waals surface area contributed by atoms with Crippen molar-refractivity contribution < 1.29 is 13.6 Å². The van der Waals surface area contributed by atoms with Crippen LogP contribution in [0.3, 0.4) is 0 Å². The number of carbonyl (C=O) groups is 1. The molecule has 3 aliphatic rings. The van der Waals surface area contributed by atoms with E-state index in [0.29, 0.717) is 29.4 Å². The Labute approximate surface area is 240 Å². The van der Waals surface area contributed by atoms with E-state index in [0.717, 1.165) is 68.3 Å². The summed E-state index contributed by atoms with van der Waals surface area (Å²) in [4.78, 5) is 13.1. The first kappa shape index (κ1) is 28.5. The molecule has 1 aromatic heterocycles. The van der Waals surface area contributed by atoms with Gasteiger partial charge < -0.3 is 10.6 Å². The van der Waals surface area contributed by atoms with Crippen LogP contribution in [0.2, 0.25) is 0 Å². The molecule has 0 saturated heterocycles. The zero-order valence-electron chi connectivity index (χ0n) is 23.6. The van der Waals surface area contributed by atoms with E-state index in [4.69, 9.17) is 0 Å². The lowest BCUT2D eigenvalue weighted by atomic mass is 9.96. The number of carbonyl (C=O) groups excluding carboxylic acids is 1. The molecule has 0 spiro atoms. The fourth-order valence-corrected chi connectivity index (χ4v) is 5.17. The summed E-state index contributed by atoms with van der Waals surface area (Å²) in [6.45, 7) is 5.88. The Morgan fingerprint density at radius 3 is 2.68 bits per heavy atom. The van der Waals surface area contributed by atoms with Crippen LogP contribution in [0.5, 0.6) is 0 Å². The Morgan fingerprint density at radius 2 is 1.90 bits per heavy atom. The number of nitrogens with one attached hydrogen (secondary N) is 4. The molecule has 2 aliphatic carbocycles. The van der Waals surface area contributed by atoms with Crippen molar-refractivity contribution in [3.8, 4) is 0 Å². The molecule has 0 bridgehead atoms. The molecule has 5 rings (SSSR count). The van der Waals surface area contributed by atoms with E-state index in [1.165, 1.54) is 18.6 Å². The van der Waals surface area contributed by atoms with Gasteiger partial charge in [0.2, 0.25) is 0 Å². The van der Waals surface area contributed by atoms with Crippen LogP contribution in [0, 0.1) is 11.6 Å². The van der Waals surface area contributed by atoms with E-state index in [2.05, 4.69) is 37.9 Å². The number of Topliss-reactive ketones (excluding diaryl/α,β-unsaturated/α-hetero) is 1. The average molecular weight is 561 g/mol. The summed E-state index contributed by atoms with van der Waals surface area (Å²) in [6.07, 6.45) is 15.4. The molecule has 2 aromatic rings. The monoisotopic (exact) mass is 560 g/mol. The first-order valence-corrected chi connectivity index (χ1v) is 14.6. The largest absolute Gasteiger partial charge is 0.373 e. The predicted molar refractivity (Wildman–Crippen MR) is 160 cm³/mol. The molecule has 0 atom stereocenters. The van der Waals surface area contributed by atoms with Crippen molar-refractivity contribution in [1.29, 1.82) is 0 Å². The Morgan fingerprint density at radius 1 is 1.12 bits per heavy atom. The molecule has 2 heterocycles. The Balaban J connectivity index is 1.34. The van der Waals surface area contributed by atoms with Crippen LogP contribution in [0.25, 0.3) is 0 Å². The van der Waals surface area contributed by atoms with Crippen molar-refractivity contribution in [3.63, 3.8) is 0 Å². The highest BCUT2D eigenvalue weighted by atomic mass is 19.1. The van der Waals surface area contributed by atoms with Crippen molar-refractivity contribution in [2.75, 3.05) is 17.2 Å². The van der Waals surface area contributed by atoms with Crippen LogP contribution < -0.4 is 16.1 Å². The number of hydrazone groups is 1. The van der Waals surface area contributed by atoms with Gasteiger partial charge in [-0.25, -0.2) is 8.78 Å². The fraction of sp³-hybridized carbons (Fsp3) is 0.406. The highest BCUT2D eigenvalue weighted by molar-refractivity contribution is 6.11. The number of hydrogen-bond donors (Lipinski definition) is 4. The van der Waals surface area contributed by atoms with Gasteiger partial charge in [-0.05, 0) is 68.7 Å². The SMILES string of the molecule is C=C1/C=C(/C(=O)CNc2c(F)ccc(C3=NN/C(=C\CC)C(Nc4cc(C5CC5)[nH]n4)=C3)c2F)CCCCCCC1. The topological polar surface area (TPSA) is 94.2 Å². The van der Waals surface area contributed by atoms with Crippen LogP contribution in [0.1, 0.15) is 88.3 Å². The van der Waals surface area contributed by atoms with E-state index in [9.17, 15) is 9.18 Å². The number of aromatic amines is 1. The summed E-state index contributed by atoms with van der Waals surface area (Å²) in [5, 5.41) is 17.8. The lowest BCUT2D eigenvalue weighted by molar-refractivity contribution is -0.114. The summed E-state index contributed by atoms with van der Waals surface area (Å²) >= 11 is 0. The van der Waals surface area contributed by atoms with Crippen molar-refractivity contribution in [2.24, 2.45) is 5.10 Å². The maximum Gasteiger partial charge on any atom is 0.177 e. The number of rotatable bonds is 9. The molecule has 1 saturated carbocycles. The van der Waals surface area contributed by atoms with Gasteiger partial charge >= 0.3 is 0 Å². The van der Waals surface area contributed by atoms with Crippen molar-refractivity contribution in [3.05, 3.63) is 88.4 Å². The normalized spacial score (nSPS) is 20.4. The summed E-state index contributed by atoms with van der Waals surface area (Å²) in [5.41, 5.74) is 7.10. The number of allylic oxidation sites excluding steroid dienone is 4. The number of nitrogens with zero attached hydrogens (tertiary/aromatic N) is 2. The molecule has 1 aliphatic heterocycles. The Kier molecular flexibility index (Phi) is 9.11. The molecule has 0 radical (unpaired) electrons. The maximum atomic E-state index is 15.8. The number of hydrogen-bond acceptors (Lipinski definition) is 6. The van der Waals surface area contributed by atoms with E-state index in [1.807, 2.05) is 25.1 Å². The molecule has 41 heavy (non-hydrogen) atoms. The van der Waals surface area contributed by atoms with Crippen LogP contribution in [0.15, 0.2) is 70.6 Å². The van der Waals surface area contributed by atoms with Crippen LogP contribution in [-0.2, 0) is 4.79 Å². The molecule has 216 valence electrons. The third-order valence-corrected chi connectivity index (χ3v) is 7.63. The molecule has 0 amide bonds. The standard InChI is InChI=1S/C32H38F2N6O/c1-3-9-25-28(36-30-18-26(38-40-30)21-12-13-21)17-27(39-37-25)23-14-15-24(33)32(31(23)34)35-19-29(41)22-11-8-6-4-5-7-10-20(2)16-22/h9,14-18,21,35,37H,2-8,10-13,19H2,1H3,(H2,36,38,40)/b22-16+,25-9-. The molecule has 9 heteroatoms. The zero-order chi connectivity index (χ0) is 28.8. The Bertz CT molecular complexity index is 1430. The number of aromatic nitrogens is 2. The molecule has 0 unspecified atom stereocenters. The minimum Gasteiger partial charge on any atom is -0.373 e. The number of benzene rings is 1. The minimum atomic E-state index is -0.808. The van der Waals surface area contributed by atoms with E-state index in [1.54, 1.807) is 6.08 Å². The minimum absolute atomic E-state index is 0.107. The second-order valence-electron chi connectivity index (χ2n) is 11.0. The van der Waals surface area contributed by atoms with Gasteiger partial charge in [-0.3, -0.25) is 15.3 Å². The first-order valence-electron chi connectivity index (χ1n) is 14.6. The van der Waals surface area contributed by atoms with Crippen molar-refractivity contribution in [1.82, 2.24) is 15.6 Å². The maximum absolute atomic E-state index is 15.8. The van der Waals surface area contributed by atoms with E-state index in [-0.39, 0.29) is 29.3 Å². The van der Waals surface area contributed by atoms with Gasteiger partial charge in [0.25, 0.3) is 0 Å². The lowest BCUT2D eigenvalue weighted by Crippen LogP contribution is -2.23. The van der Waals surface area contributed by atoms with Crippen LogP contribution in [-0.4, -0.2) is 28.2 Å². The number of halogens is 2. The second kappa shape index (κ2) is 13.1. The van der Waals surface area contributed by atoms with Gasteiger partial charge in [-0.2, -0.15) is 10.2 Å². The molecular formula is C32H38F2N6O. The van der Waals surface area contributed by atoms with Crippen molar-refractivity contribution in [2.45, 2.75) is 77.0 Å². The molecule has 4 N–H and O–H groups in total. The lowest BCUT2D eigenvalue weighted by Gasteiger charge is -2.20. The molecule has 7 nitrogen and oxygen atoms in total. The highest BCUT2D eigenvalue weighted by Gasteiger charge is 2.26. The van der Waals surface area contributed by atoms with Gasteiger partial charge in [-0.1, -0.05) is 50.5 Å². The smallest absolute Gasteiger partial charge is 0.177 e. The summed E-state index contributed by atoms with van der Waals surface area (Å²) in [7, 11) is 0. The van der Waals surface area contributed by atoms with Crippen molar-refractivity contribution >= 4 is 23.0 Å². The summed E-state index contributed by atoms with van der Waals surface area (Å²) < 4.78 is 30.6. The van der Waals surface area contributed by atoms with Gasteiger partial charge in [0, 0.05) is 23.2 Å². The first-order chi connectivity index (χ1) is 19.9. The summed E-state index contributed by atoms with van der Waals surface area (Å²) in [6, 6.07) is 4.52. The Hall–Kier alpha value is -4.01. The highest BCUT2D eigenvalue weighted by Crippen LogP contribution is 2.39. The number of ketones is 1. The van der Waals surface area contributed by atoms with Gasteiger partial charge in [0.1, 0.15) is 11.5 Å². The molecular weight excluding hydrogens is 522 g/mol. The second-order valence-corrected chi connectivity index (χ2v) is 11.0. The third kappa shape index (κ3) is 7.20. The number of anilines is 2. The third-order valence-electron chi connectivity index (χ3n) is 7.63. The van der Waals surface area contributed by atoms with Gasteiger partial charge in [0.15, 0.2) is 17.4 Å². The van der Waals surface area contributed by atoms with Crippen LogP contribution >= 0.6 is 0 Å². The van der Waals surface area contributed by atoms with E-state index >= 15 is 4.39 Å². The molecule has 1 fully saturated rings. The quantitative estimate of drug-likeness (QED) is 0.257. The zero-order valence-corrected chi connectivity index (χ0v) is 23.6. The molecule has 1 aromatic carbocycles. The summed E-state index contributed by atoms with van der Waals surface area (Å²) in [5.74, 6) is -0.580. The van der Waals surface area contributed by atoms with Gasteiger partial charge in [-0.15, -0.1) is 0 Å². The van der Waals surface area contributed by atoms with E-state index < -0.39 is 11.6 Å². The fourth-order valence-electron chi connectivity index (χ4n) is 5.17. The number of H-pyrrole nitrogens is 1. The van der Waals surface area contributed by atoms with Gasteiger partial charge in [0.05, 0.1) is 23.7 Å². The van der Waals surface area contributed by atoms with Crippen LogP contribution in [0.4, 0.5) is 20.3 Å².